The van der Waals surface area contributed by atoms with Gasteiger partial charge in [-0.2, -0.15) is 0 Å². The maximum absolute atomic E-state index is 12.6. The zero-order valence-corrected chi connectivity index (χ0v) is 14.8. The quantitative estimate of drug-likeness (QED) is 0.879. The van der Waals surface area contributed by atoms with Gasteiger partial charge < -0.3 is 11.1 Å². The number of amides is 2. The van der Waals surface area contributed by atoms with Gasteiger partial charge in [-0.1, -0.05) is 18.9 Å². The summed E-state index contributed by atoms with van der Waals surface area (Å²) in [6, 6.07) is 9.96. The number of primary amides is 1. The van der Waals surface area contributed by atoms with E-state index < -0.39 is 0 Å². The highest BCUT2D eigenvalue weighted by atomic mass is 16.2. The number of pyridine rings is 1. The van der Waals surface area contributed by atoms with Gasteiger partial charge in [-0.05, 0) is 49.6 Å². The second-order valence-corrected chi connectivity index (χ2v) is 6.78. The van der Waals surface area contributed by atoms with Crippen LogP contribution in [-0.2, 0) is 4.79 Å². The van der Waals surface area contributed by atoms with Gasteiger partial charge in [-0.3, -0.25) is 19.0 Å². The second-order valence-electron chi connectivity index (χ2n) is 6.78. The monoisotopic (exact) mass is 353 g/mol. The number of aryl methyl sites for hydroxylation is 1. The molecule has 1 saturated carbocycles. The van der Waals surface area contributed by atoms with Crippen LogP contribution in [0.5, 0.6) is 0 Å². The van der Waals surface area contributed by atoms with Crippen LogP contribution >= 0.6 is 0 Å². The van der Waals surface area contributed by atoms with Gasteiger partial charge >= 0.3 is 0 Å². The third-order valence-corrected chi connectivity index (χ3v) is 4.99. The second kappa shape index (κ2) is 7.56. The Morgan fingerprint density at radius 3 is 2.62 bits per heavy atom. The molecule has 1 fully saturated rings. The van der Waals surface area contributed by atoms with Gasteiger partial charge in [0.05, 0.1) is 11.6 Å². The van der Waals surface area contributed by atoms with E-state index in [0.717, 1.165) is 36.9 Å². The molecule has 26 heavy (non-hydrogen) atoms. The van der Waals surface area contributed by atoms with E-state index in [1.807, 2.05) is 6.92 Å². The fourth-order valence-electron chi connectivity index (χ4n) is 3.59. The van der Waals surface area contributed by atoms with Crippen molar-refractivity contribution in [2.45, 2.75) is 38.6 Å². The predicted octanol–water partition coefficient (Wildman–Crippen LogP) is 1.92. The van der Waals surface area contributed by atoms with Crippen LogP contribution in [0.3, 0.4) is 0 Å². The summed E-state index contributed by atoms with van der Waals surface area (Å²) in [5, 5.41) is 2.96. The zero-order valence-electron chi connectivity index (χ0n) is 14.8. The molecule has 1 aromatic carbocycles. The van der Waals surface area contributed by atoms with E-state index in [1.165, 1.54) is 6.07 Å². The summed E-state index contributed by atoms with van der Waals surface area (Å²) >= 11 is 0. The number of rotatable bonds is 4. The Bertz CT molecular complexity index is 888. The summed E-state index contributed by atoms with van der Waals surface area (Å²) in [7, 11) is 0. The van der Waals surface area contributed by atoms with E-state index in [-0.39, 0.29) is 29.3 Å². The Morgan fingerprint density at radius 2 is 1.92 bits per heavy atom. The molecule has 1 aliphatic carbocycles. The third-order valence-electron chi connectivity index (χ3n) is 4.99. The number of nitrogens with two attached hydrogens (primary N) is 1. The van der Waals surface area contributed by atoms with Crippen molar-refractivity contribution in [2.75, 3.05) is 0 Å². The van der Waals surface area contributed by atoms with Gasteiger partial charge in [0.2, 0.25) is 5.91 Å². The van der Waals surface area contributed by atoms with Crippen LogP contribution in [0.2, 0.25) is 0 Å². The minimum absolute atomic E-state index is 0.126. The minimum atomic E-state index is -0.356. The first-order valence-corrected chi connectivity index (χ1v) is 8.86. The van der Waals surface area contributed by atoms with E-state index in [4.69, 9.17) is 5.73 Å². The number of aromatic nitrogens is 1. The standard InChI is InChI=1S/C20H23N3O3/c1-13-12-14(9-10-17(13)23-11-5-4-8-18(23)24)20(26)22-16-7-3-2-6-15(16)19(21)25/h4-5,8-12,15-16H,2-3,6-7H2,1H3,(H2,21,25)(H,22,26). The van der Waals surface area contributed by atoms with E-state index >= 15 is 0 Å². The van der Waals surface area contributed by atoms with Gasteiger partial charge in [0.25, 0.3) is 11.5 Å². The highest BCUT2D eigenvalue weighted by Gasteiger charge is 2.30. The van der Waals surface area contributed by atoms with Crippen LogP contribution in [0.25, 0.3) is 5.69 Å². The van der Waals surface area contributed by atoms with Gasteiger partial charge in [-0.25, -0.2) is 0 Å². The highest BCUT2D eigenvalue weighted by molar-refractivity contribution is 5.95. The molecular weight excluding hydrogens is 330 g/mol. The Hall–Kier alpha value is -2.89. The average molecular weight is 353 g/mol. The van der Waals surface area contributed by atoms with Crippen molar-refractivity contribution in [3.05, 3.63) is 64.1 Å². The number of carbonyl (C=O) groups excluding carboxylic acids is 2. The first kappa shape index (κ1) is 17.9. The molecule has 2 atom stereocenters. The van der Waals surface area contributed by atoms with Gasteiger partial charge in [0.15, 0.2) is 0 Å². The molecule has 0 aliphatic heterocycles. The molecule has 3 N–H and O–H groups in total. The lowest BCUT2D eigenvalue weighted by atomic mass is 9.84. The number of hydrogen-bond donors (Lipinski definition) is 2. The molecule has 0 bridgehead atoms. The molecule has 0 saturated heterocycles. The van der Waals surface area contributed by atoms with Crippen LogP contribution < -0.4 is 16.6 Å². The average Bonchev–Trinajstić information content (AvgIpc) is 2.62. The molecule has 0 radical (unpaired) electrons. The van der Waals surface area contributed by atoms with Crippen molar-refractivity contribution >= 4 is 11.8 Å². The largest absolute Gasteiger partial charge is 0.369 e. The van der Waals surface area contributed by atoms with Crippen molar-refractivity contribution in [2.24, 2.45) is 11.7 Å². The van der Waals surface area contributed by atoms with Crippen LogP contribution in [0, 0.1) is 12.8 Å². The summed E-state index contributed by atoms with van der Waals surface area (Å²) in [4.78, 5) is 36.2. The molecule has 1 heterocycles. The van der Waals surface area contributed by atoms with E-state index in [9.17, 15) is 14.4 Å². The zero-order chi connectivity index (χ0) is 18.7. The summed E-state index contributed by atoms with van der Waals surface area (Å²) in [6.45, 7) is 1.86. The molecule has 136 valence electrons. The number of nitrogens with zero attached hydrogens (tertiary/aromatic N) is 1. The summed E-state index contributed by atoms with van der Waals surface area (Å²) in [5.74, 6) is -0.890. The lowest BCUT2D eigenvalue weighted by Gasteiger charge is -2.30. The smallest absolute Gasteiger partial charge is 0.255 e. The molecule has 6 nitrogen and oxygen atoms in total. The molecule has 1 aliphatic rings. The first-order valence-electron chi connectivity index (χ1n) is 8.86. The number of carbonyl (C=O) groups is 2. The lowest BCUT2D eigenvalue weighted by Crippen LogP contribution is -2.47. The van der Waals surface area contributed by atoms with Crippen LogP contribution in [-0.4, -0.2) is 22.4 Å². The molecule has 2 unspecified atom stereocenters. The number of nitrogens with one attached hydrogen (secondary N) is 1. The summed E-state index contributed by atoms with van der Waals surface area (Å²) in [5.41, 5.74) is 7.41. The fraction of sp³-hybridized carbons (Fsp3) is 0.350. The molecule has 1 aromatic heterocycles. The number of hydrogen-bond acceptors (Lipinski definition) is 3. The fourth-order valence-corrected chi connectivity index (χ4v) is 3.59. The minimum Gasteiger partial charge on any atom is -0.369 e. The van der Waals surface area contributed by atoms with Crippen molar-refractivity contribution in [3.63, 3.8) is 0 Å². The Kier molecular flexibility index (Phi) is 5.21. The molecule has 6 heteroatoms. The Labute approximate surface area is 152 Å². The van der Waals surface area contributed by atoms with Crippen LogP contribution in [0.4, 0.5) is 0 Å². The van der Waals surface area contributed by atoms with Crippen molar-refractivity contribution < 1.29 is 9.59 Å². The predicted molar refractivity (Wildman–Crippen MR) is 99.2 cm³/mol. The topological polar surface area (TPSA) is 94.2 Å². The van der Waals surface area contributed by atoms with E-state index in [1.54, 1.807) is 41.1 Å². The number of benzene rings is 1. The van der Waals surface area contributed by atoms with Crippen molar-refractivity contribution in [1.29, 1.82) is 0 Å². The lowest BCUT2D eigenvalue weighted by molar-refractivity contribution is -0.123. The summed E-state index contributed by atoms with van der Waals surface area (Å²) < 4.78 is 1.54. The molecular formula is C20H23N3O3. The van der Waals surface area contributed by atoms with Gasteiger partial charge in [0, 0.05) is 23.9 Å². The highest BCUT2D eigenvalue weighted by Crippen LogP contribution is 2.24. The van der Waals surface area contributed by atoms with Gasteiger partial charge in [0.1, 0.15) is 0 Å². The Morgan fingerprint density at radius 1 is 1.15 bits per heavy atom. The van der Waals surface area contributed by atoms with Crippen LogP contribution in [0.15, 0.2) is 47.4 Å². The third kappa shape index (κ3) is 3.69. The molecule has 2 aromatic rings. The van der Waals surface area contributed by atoms with E-state index in [2.05, 4.69) is 5.32 Å². The Balaban J connectivity index is 1.80. The maximum Gasteiger partial charge on any atom is 0.255 e. The maximum atomic E-state index is 12.6. The van der Waals surface area contributed by atoms with Crippen molar-refractivity contribution in [3.8, 4) is 5.69 Å². The first-order chi connectivity index (χ1) is 12.5. The summed E-state index contributed by atoms with van der Waals surface area (Å²) in [6.07, 6.45) is 5.11. The molecule has 0 spiro atoms. The molecule has 3 rings (SSSR count). The molecule has 2 amide bonds. The normalized spacial score (nSPS) is 19.7. The SMILES string of the molecule is Cc1cc(C(=O)NC2CCCCC2C(N)=O)ccc1-n1ccccc1=O. The van der Waals surface area contributed by atoms with Gasteiger partial charge in [-0.15, -0.1) is 0 Å². The van der Waals surface area contributed by atoms with Crippen molar-refractivity contribution in [1.82, 2.24) is 9.88 Å². The van der Waals surface area contributed by atoms with Crippen LogP contribution in [0.1, 0.15) is 41.6 Å². The van der Waals surface area contributed by atoms with E-state index in [0.29, 0.717) is 5.56 Å².